The molecule has 1 aromatic heterocycles. The summed E-state index contributed by atoms with van der Waals surface area (Å²) >= 11 is 0. The summed E-state index contributed by atoms with van der Waals surface area (Å²) in [7, 11) is 0. The van der Waals surface area contributed by atoms with Crippen LogP contribution in [0.25, 0.3) is 11.1 Å². The Balaban J connectivity index is 1.59. The molecule has 0 bridgehead atoms. The first kappa shape index (κ1) is 20.9. The zero-order valence-electron chi connectivity index (χ0n) is 18.7. The van der Waals surface area contributed by atoms with Crippen LogP contribution in [-0.4, -0.2) is 34.2 Å². The maximum atomic E-state index is 12.4. The molecule has 8 nitrogen and oxygen atoms in total. The molecular formula is C25H24N4O4. The van der Waals surface area contributed by atoms with Crippen molar-refractivity contribution in [3.05, 3.63) is 71.8 Å². The number of nitrogens with two attached hydrogens (primary N) is 1. The highest BCUT2D eigenvalue weighted by atomic mass is 16.6. The molecule has 8 heteroatoms. The lowest BCUT2D eigenvalue weighted by Gasteiger charge is -2.34. The van der Waals surface area contributed by atoms with Crippen LogP contribution in [0.4, 0.5) is 0 Å². The van der Waals surface area contributed by atoms with Gasteiger partial charge in [0.05, 0.1) is 6.42 Å². The van der Waals surface area contributed by atoms with Crippen LogP contribution in [0.1, 0.15) is 37.5 Å². The second kappa shape index (κ2) is 7.58. The average Bonchev–Trinajstić information content (AvgIpc) is 3.16. The molecule has 2 aliphatic heterocycles. The van der Waals surface area contributed by atoms with E-state index in [1.807, 2.05) is 57.2 Å². The fraction of sp³-hybridized carbons (Fsp3) is 0.280. The predicted molar refractivity (Wildman–Crippen MR) is 122 cm³/mol. The summed E-state index contributed by atoms with van der Waals surface area (Å²) in [4.78, 5) is 25.4. The molecule has 1 atom stereocenters. The maximum absolute atomic E-state index is 12.4. The normalized spacial score (nSPS) is 18.6. The number of benzene rings is 2. The standard InChI is InChI=1S/C25H24N4O4/c1-24(2,3)33-22(30)9-15-4-6-20-18(8-15)25(13-31-23(26)29-25)19-10-16(5-7-21(19)32-20)17-11-27-14-28-12-17/h4-8,10-12,14H,9,13H2,1-3H3,(H2,26,29). The lowest BCUT2D eigenvalue weighted by molar-refractivity contribution is -0.153. The van der Waals surface area contributed by atoms with Gasteiger partial charge in [-0.05, 0) is 56.2 Å². The molecule has 1 spiro atoms. The van der Waals surface area contributed by atoms with Gasteiger partial charge in [0, 0.05) is 29.1 Å². The highest BCUT2D eigenvalue weighted by Gasteiger charge is 2.47. The first-order valence-corrected chi connectivity index (χ1v) is 10.6. The van der Waals surface area contributed by atoms with Gasteiger partial charge in [-0.15, -0.1) is 0 Å². The van der Waals surface area contributed by atoms with Gasteiger partial charge < -0.3 is 19.9 Å². The van der Waals surface area contributed by atoms with Crippen molar-refractivity contribution < 1.29 is 19.0 Å². The number of nitrogens with zero attached hydrogens (tertiary/aromatic N) is 3. The van der Waals surface area contributed by atoms with Gasteiger partial charge in [0.2, 0.25) is 0 Å². The zero-order chi connectivity index (χ0) is 23.2. The highest BCUT2D eigenvalue weighted by Crippen LogP contribution is 2.51. The number of hydrogen-bond donors (Lipinski definition) is 1. The number of aromatic nitrogens is 2. The molecule has 2 aromatic carbocycles. The lowest BCUT2D eigenvalue weighted by atomic mass is 9.79. The van der Waals surface area contributed by atoms with Crippen molar-refractivity contribution in [3.8, 4) is 22.6 Å². The first-order valence-electron chi connectivity index (χ1n) is 10.6. The van der Waals surface area contributed by atoms with Gasteiger partial charge in [-0.3, -0.25) is 4.79 Å². The Bertz CT molecular complexity index is 1270. The topological polar surface area (TPSA) is 109 Å². The van der Waals surface area contributed by atoms with Crippen LogP contribution in [0.15, 0.2) is 60.1 Å². The lowest BCUT2D eigenvalue weighted by Crippen LogP contribution is -2.31. The number of ether oxygens (including phenoxy) is 3. The van der Waals surface area contributed by atoms with E-state index in [1.54, 1.807) is 12.4 Å². The summed E-state index contributed by atoms with van der Waals surface area (Å²) in [6, 6.07) is 11.6. The van der Waals surface area contributed by atoms with Gasteiger partial charge in [-0.2, -0.15) is 0 Å². The van der Waals surface area contributed by atoms with E-state index in [4.69, 9.17) is 24.9 Å². The Morgan fingerprint density at radius 1 is 1.06 bits per heavy atom. The zero-order valence-corrected chi connectivity index (χ0v) is 18.7. The molecule has 0 fully saturated rings. The Kier molecular flexibility index (Phi) is 4.81. The third-order valence-corrected chi connectivity index (χ3v) is 5.53. The molecule has 5 rings (SSSR count). The largest absolute Gasteiger partial charge is 0.462 e. The minimum absolute atomic E-state index is 0.111. The van der Waals surface area contributed by atoms with Crippen LogP contribution < -0.4 is 10.5 Å². The summed E-state index contributed by atoms with van der Waals surface area (Å²) in [5, 5.41) is 0. The number of carbonyl (C=O) groups is 1. The van der Waals surface area contributed by atoms with Crippen LogP contribution in [0.3, 0.4) is 0 Å². The molecular weight excluding hydrogens is 420 g/mol. The van der Waals surface area contributed by atoms with E-state index in [0.717, 1.165) is 27.8 Å². The Morgan fingerprint density at radius 2 is 1.76 bits per heavy atom. The maximum Gasteiger partial charge on any atom is 0.310 e. The van der Waals surface area contributed by atoms with Crippen LogP contribution in [0.2, 0.25) is 0 Å². The number of amidine groups is 1. The molecule has 0 saturated heterocycles. The van der Waals surface area contributed by atoms with E-state index in [9.17, 15) is 4.79 Å². The Labute approximate surface area is 191 Å². The second-order valence-corrected chi connectivity index (χ2v) is 9.13. The van der Waals surface area contributed by atoms with Crippen LogP contribution in [-0.2, 0) is 26.2 Å². The van der Waals surface area contributed by atoms with Crippen molar-refractivity contribution in [1.82, 2.24) is 9.97 Å². The molecule has 0 radical (unpaired) electrons. The quantitative estimate of drug-likeness (QED) is 0.613. The van der Waals surface area contributed by atoms with Gasteiger partial charge in [-0.25, -0.2) is 15.0 Å². The number of rotatable bonds is 3. The van der Waals surface area contributed by atoms with Crippen LogP contribution in [0.5, 0.6) is 11.5 Å². The van der Waals surface area contributed by atoms with E-state index < -0.39 is 11.1 Å². The number of esters is 1. The van der Waals surface area contributed by atoms with Crippen LogP contribution >= 0.6 is 0 Å². The fourth-order valence-electron chi connectivity index (χ4n) is 4.18. The summed E-state index contributed by atoms with van der Waals surface area (Å²) in [5.41, 5.74) is 8.75. The minimum Gasteiger partial charge on any atom is -0.462 e. The van der Waals surface area contributed by atoms with E-state index in [0.29, 0.717) is 11.5 Å². The number of fused-ring (bicyclic) bond motifs is 4. The summed E-state index contributed by atoms with van der Waals surface area (Å²) < 4.78 is 17.4. The number of aliphatic imine (C=N–C) groups is 1. The predicted octanol–water partition coefficient (Wildman–Crippen LogP) is 3.72. The third-order valence-electron chi connectivity index (χ3n) is 5.53. The second-order valence-electron chi connectivity index (χ2n) is 9.13. The van der Waals surface area contributed by atoms with Crippen molar-refractivity contribution in [2.75, 3.05) is 6.61 Å². The van der Waals surface area contributed by atoms with Crippen molar-refractivity contribution >= 4 is 12.0 Å². The van der Waals surface area contributed by atoms with Crippen molar-refractivity contribution in [3.63, 3.8) is 0 Å². The third kappa shape index (κ3) is 3.88. The van der Waals surface area contributed by atoms with Gasteiger partial charge >= 0.3 is 5.97 Å². The summed E-state index contributed by atoms with van der Waals surface area (Å²) in [5.74, 6) is 1.02. The molecule has 3 aromatic rings. The SMILES string of the molecule is CC(C)(C)OC(=O)Cc1ccc2c(c1)C1(COC(N)=N1)c1cc(-c3cncnc3)ccc1O2. The molecule has 3 heterocycles. The number of carbonyl (C=O) groups excluding carboxylic acids is 1. The molecule has 0 amide bonds. The Morgan fingerprint density at radius 3 is 2.42 bits per heavy atom. The molecule has 33 heavy (non-hydrogen) atoms. The monoisotopic (exact) mass is 444 g/mol. The van der Waals surface area contributed by atoms with E-state index in [1.165, 1.54) is 6.33 Å². The molecule has 168 valence electrons. The minimum atomic E-state index is -0.886. The van der Waals surface area contributed by atoms with Gasteiger partial charge in [0.1, 0.15) is 30.0 Å². The summed E-state index contributed by atoms with van der Waals surface area (Å²) in [6.07, 6.45) is 5.13. The summed E-state index contributed by atoms with van der Waals surface area (Å²) in [6.45, 7) is 5.77. The van der Waals surface area contributed by atoms with E-state index in [2.05, 4.69) is 9.97 Å². The number of hydrogen-bond acceptors (Lipinski definition) is 8. The van der Waals surface area contributed by atoms with E-state index >= 15 is 0 Å². The van der Waals surface area contributed by atoms with Crippen molar-refractivity contribution in [1.29, 1.82) is 0 Å². The Hall–Kier alpha value is -3.94. The van der Waals surface area contributed by atoms with Gasteiger partial charge in [-0.1, -0.05) is 12.1 Å². The van der Waals surface area contributed by atoms with Gasteiger partial charge in [0.25, 0.3) is 6.02 Å². The first-order chi connectivity index (χ1) is 15.7. The van der Waals surface area contributed by atoms with Crippen LogP contribution in [0, 0.1) is 0 Å². The molecule has 2 aliphatic rings. The smallest absolute Gasteiger partial charge is 0.310 e. The molecule has 0 aliphatic carbocycles. The molecule has 1 unspecified atom stereocenters. The molecule has 2 N–H and O–H groups in total. The van der Waals surface area contributed by atoms with Crippen molar-refractivity contribution in [2.24, 2.45) is 10.7 Å². The van der Waals surface area contributed by atoms with Gasteiger partial charge in [0.15, 0.2) is 5.54 Å². The molecule has 0 saturated carbocycles. The van der Waals surface area contributed by atoms with E-state index in [-0.39, 0.29) is 25.0 Å². The fourth-order valence-corrected chi connectivity index (χ4v) is 4.18. The average molecular weight is 444 g/mol. The highest BCUT2D eigenvalue weighted by molar-refractivity contribution is 5.78. The van der Waals surface area contributed by atoms with Crippen molar-refractivity contribution in [2.45, 2.75) is 38.3 Å².